The van der Waals surface area contributed by atoms with Gasteiger partial charge in [0.25, 0.3) is 0 Å². The quantitative estimate of drug-likeness (QED) is 0.852. The lowest BCUT2D eigenvalue weighted by atomic mass is 10.2. The van der Waals surface area contributed by atoms with Crippen LogP contribution in [0.1, 0.15) is 17.6 Å². The van der Waals surface area contributed by atoms with Crippen LogP contribution in [-0.4, -0.2) is 29.1 Å². The molecular weight excluding hydrogens is 272 g/mol. The number of aliphatic carboxylic acids is 1. The maximum atomic E-state index is 10.6. The summed E-state index contributed by atoms with van der Waals surface area (Å²) in [6, 6.07) is 10.3. The molecular formula is C15H18N2O2S. The van der Waals surface area contributed by atoms with Crippen molar-refractivity contribution in [3.8, 4) is 0 Å². The number of carboxylic acid groups (broad SMARTS) is 1. The summed E-state index contributed by atoms with van der Waals surface area (Å²) in [6.07, 6.45) is 0.847. The number of hydrogen-bond donors (Lipinski definition) is 1. The zero-order chi connectivity index (χ0) is 14.4. The van der Waals surface area contributed by atoms with Gasteiger partial charge in [-0.25, -0.2) is 4.98 Å². The zero-order valence-electron chi connectivity index (χ0n) is 11.5. The monoisotopic (exact) mass is 290 g/mol. The van der Waals surface area contributed by atoms with E-state index >= 15 is 0 Å². The van der Waals surface area contributed by atoms with Gasteiger partial charge in [0.05, 0.1) is 17.1 Å². The molecule has 0 radical (unpaired) electrons. The fourth-order valence-corrected chi connectivity index (χ4v) is 2.83. The molecule has 0 saturated heterocycles. The molecule has 20 heavy (non-hydrogen) atoms. The van der Waals surface area contributed by atoms with Gasteiger partial charge in [0, 0.05) is 30.6 Å². The first kappa shape index (κ1) is 14.5. The fourth-order valence-electron chi connectivity index (χ4n) is 2.04. The minimum atomic E-state index is -0.832. The molecule has 0 atom stereocenters. The maximum Gasteiger partial charge on any atom is 0.309 e. The topological polar surface area (TPSA) is 53.4 Å². The highest BCUT2D eigenvalue weighted by molar-refractivity contribution is 7.09. The van der Waals surface area contributed by atoms with Crippen molar-refractivity contribution in [1.82, 2.24) is 4.98 Å². The normalized spacial score (nSPS) is 10.4. The van der Waals surface area contributed by atoms with E-state index < -0.39 is 5.97 Å². The minimum absolute atomic E-state index is 0.00662. The molecule has 5 heteroatoms. The Balaban J connectivity index is 1.93. The third-order valence-corrected chi connectivity index (χ3v) is 3.99. The Bertz CT molecular complexity index is 554. The molecule has 0 amide bonds. The summed E-state index contributed by atoms with van der Waals surface area (Å²) in [5.41, 5.74) is 1.86. The summed E-state index contributed by atoms with van der Waals surface area (Å²) in [6.45, 7) is 3.96. The molecule has 0 aliphatic heterocycles. The fraction of sp³-hybridized carbons (Fsp3) is 0.333. The van der Waals surface area contributed by atoms with E-state index in [-0.39, 0.29) is 6.42 Å². The van der Waals surface area contributed by atoms with Crippen molar-refractivity contribution in [2.45, 2.75) is 19.8 Å². The Morgan fingerprint density at radius 2 is 2.10 bits per heavy atom. The van der Waals surface area contributed by atoms with Crippen molar-refractivity contribution in [2.75, 3.05) is 18.0 Å². The molecule has 2 aromatic rings. The number of aromatic nitrogens is 1. The van der Waals surface area contributed by atoms with E-state index in [2.05, 4.69) is 28.9 Å². The van der Waals surface area contributed by atoms with Gasteiger partial charge in [-0.15, -0.1) is 11.3 Å². The Hall–Kier alpha value is -1.88. The molecule has 2 rings (SSSR count). The van der Waals surface area contributed by atoms with Crippen LogP contribution in [-0.2, 0) is 17.6 Å². The van der Waals surface area contributed by atoms with Crippen LogP contribution in [0.3, 0.4) is 0 Å². The molecule has 1 N–H and O–H groups in total. The Morgan fingerprint density at radius 3 is 2.75 bits per heavy atom. The van der Waals surface area contributed by atoms with Crippen LogP contribution >= 0.6 is 11.3 Å². The van der Waals surface area contributed by atoms with Crippen molar-refractivity contribution in [1.29, 1.82) is 0 Å². The highest BCUT2D eigenvalue weighted by Gasteiger charge is 2.08. The second-order valence-corrected chi connectivity index (χ2v) is 5.41. The number of hydrogen-bond acceptors (Lipinski definition) is 4. The Morgan fingerprint density at radius 1 is 1.35 bits per heavy atom. The third-order valence-electron chi connectivity index (χ3n) is 3.03. The van der Waals surface area contributed by atoms with E-state index in [1.807, 2.05) is 23.6 Å². The SMILES string of the molecule is CCN(CCc1nc(CC(=O)O)cs1)c1ccccc1. The first-order chi connectivity index (χ1) is 9.69. The maximum absolute atomic E-state index is 10.6. The lowest BCUT2D eigenvalue weighted by Gasteiger charge is -2.22. The lowest BCUT2D eigenvalue weighted by Crippen LogP contribution is -2.25. The highest BCUT2D eigenvalue weighted by Crippen LogP contribution is 2.16. The van der Waals surface area contributed by atoms with Crippen molar-refractivity contribution < 1.29 is 9.90 Å². The average Bonchev–Trinajstić information content (AvgIpc) is 2.87. The third kappa shape index (κ3) is 4.06. The number of likely N-dealkylation sites (N-methyl/N-ethyl adjacent to an activating group) is 1. The molecule has 0 fully saturated rings. The van der Waals surface area contributed by atoms with Crippen molar-refractivity contribution in [3.05, 3.63) is 46.4 Å². The molecule has 0 bridgehead atoms. The predicted molar refractivity (Wildman–Crippen MR) is 81.5 cm³/mol. The highest BCUT2D eigenvalue weighted by atomic mass is 32.1. The largest absolute Gasteiger partial charge is 0.481 e. The molecule has 4 nitrogen and oxygen atoms in total. The first-order valence-corrected chi connectivity index (χ1v) is 7.52. The van der Waals surface area contributed by atoms with Gasteiger partial charge in [-0.1, -0.05) is 18.2 Å². The number of nitrogens with zero attached hydrogens (tertiary/aromatic N) is 2. The molecule has 0 aliphatic carbocycles. The number of rotatable bonds is 7. The van der Waals surface area contributed by atoms with Gasteiger partial charge in [0.1, 0.15) is 0 Å². The van der Waals surface area contributed by atoms with Gasteiger partial charge >= 0.3 is 5.97 Å². The van der Waals surface area contributed by atoms with Gasteiger partial charge in [0.15, 0.2) is 0 Å². The number of thiazole rings is 1. The van der Waals surface area contributed by atoms with Crippen molar-refractivity contribution in [3.63, 3.8) is 0 Å². The molecule has 0 spiro atoms. The minimum Gasteiger partial charge on any atom is -0.481 e. The molecule has 0 aliphatic rings. The van der Waals surface area contributed by atoms with Gasteiger partial charge < -0.3 is 10.0 Å². The van der Waals surface area contributed by atoms with Crippen LogP contribution in [0.2, 0.25) is 0 Å². The summed E-state index contributed by atoms with van der Waals surface area (Å²) in [4.78, 5) is 17.3. The van der Waals surface area contributed by atoms with Crippen LogP contribution in [0.15, 0.2) is 35.7 Å². The van der Waals surface area contributed by atoms with E-state index in [4.69, 9.17) is 5.11 Å². The van der Waals surface area contributed by atoms with Gasteiger partial charge in [-0.05, 0) is 19.1 Å². The van der Waals surface area contributed by atoms with Crippen LogP contribution in [0.5, 0.6) is 0 Å². The Kier molecular flexibility index (Phi) is 5.12. The molecule has 0 saturated carbocycles. The zero-order valence-corrected chi connectivity index (χ0v) is 12.3. The molecule has 1 aromatic heterocycles. The average molecular weight is 290 g/mol. The van der Waals surface area contributed by atoms with E-state index in [1.165, 1.54) is 17.0 Å². The van der Waals surface area contributed by atoms with Gasteiger partial charge in [-0.2, -0.15) is 0 Å². The first-order valence-electron chi connectivity index (χ1n) is 6.64. The number of para-hydroxylation sites is 1. The van der Waals surface area contributed by atoms with Crippen LogP contribution < -0.4 is 4.90 Å². The van der Waals surface area contributed by atoms with Crippen LogP contribution in [0.25, 0.3) is 0 Å². The van der Waals surface area contributed by atoms with E-state index in [0.717, 1.165) is 24.5 Å². The molecule has 1 heterocycles. The second-order valence-electron chi connectivity index (χ2n) is 4.47. The summed E-state index contributed by atoms with van der Waals surface area (Å²) < 4.78 is 0. The molecule has 106 valence electrons. The number of benzene rings is 1. The Labute approximate surface area is 122 Å². The predicted octanol–water partition coefficient (Wildman–Crippen LogP) is 2.84. The molecule has 1 aromatic carbocycles. The van der Waals surface area contributed by atoms with E-state index in [0.29, 0.717) is 5.69 Å². The standard InChI is InChI=1S/C15H18N2O2S/c1-2-17(13-6-4-3-5-7-13)9-8-14-16-12(11-20-14)10-15(18)19/h3-7,11H,2,8-10H2,1H3,(H,18,19). The van der Waals surface area contributed by atoms with Gasteiger partial charge in [-0.3, -0.25) is 4.79 Å². The lowest BCUT2D eigenvalue weighted by molar-refractivity contribution is -0.136. The van der Waals surface area contributed by atoms with Crippen LogP contribution in [0, 0.1) is 0 Å². The van der Waals surface area contributed by atoms with Crippen molar-refractivity contribution >= 4 is 23.0 Å². The summed E-state index contributed by atoms with van der Waals surface area (Å²) >= 11 is 1.54. The second kappa shape index (κ2) is 7.05. The number of anilines is 1. The van der Waals surface area contributed by atoms with Crippen molar-refractivity contribution in [2.24, 2.45) is 0 Å². The van der Waals surface area contributed by atoms with E-state index in [1.54, 1.807) is 0 Å². The smallest absolute Gasteiger partial charge is 0.309 e. The summed E-state index contributed by atoms with van der Waals surface area (Å²) in [5, 5.41) is 11.6. The van der Waals surface area contributed by atoms with Crippen LogP contribution in [0.4, 0.5) is 5.69 Å². The van der Waals surface area contributed by atoms with E-state index in [9.17, 15) is 4.79 Å². The van der Waals surface area contributed by atoms with Gasteiger partial charge in [0.2, 0.25) is 0 Å². The summed E-state index contributed by atoms with van der Waals surface area (Å²) in [5.74, 6) is -0.832. The number of carbonyl (C=O) groups is 1. The number of carboxylic acids is 1. The molecule has 0 unspecified atom stereocenters. The summed E-state index contributed by atoms with van der Waals surface area (Å²) in [7, 11) is 0.